The summed E-state index contributed by atoms with van der Waals surface area (Å²) in [5.74, 6) is 1.33. The lowest BCUT2D eigenvalue weighted by atomic mass is 9.84. The minimum atomic E-state index is -0.603. The zero-order valence-corrected chi connectivity index (χ0v) is 16.4. The van der Waals surface area contributed by atoms with Gasteiger partial charge in [-0.25, -0.2) is 0 Å². The van der Waals surface area contributed by atoms with Crippen LogP contribution in [0.2, 0.25) is 0 Å². The summed E-state index contributed by atoms with van der Waals surface area (Å²) in [6, 6.07) is 5.56. The van der Waals surface area contributed by atoms with Gasteiger partial charge in [-0.15, -0.1) is 0 Å². The second-order valence-electron chi connectivity index (χ2n) is 6.96. The predicted molar refractivity (Wildman–Crippen MR) is 102 cm³/mol. The number of benzene rings is 1. The minimum Gasteiger partial charge on any atom is -0.490 e. The highest BCUT2D eigenvalue weighted by molar-refractivity contribution is 6.01. The molecule has 1 saturated carbocycles. The summed E-state index contributed by atoms with van der Waals surface area (Å²) in [6.45, 7) is 6.09. The molecule has 1 aromatic carbocycles. The average Bonchev–Trinajstić information content (AvgIpc) is 2.60. The van der Waals surface area contributed by atoms with Gasteiger partial charge in [-0.05, 0) is 62.5 Å². The number of rotatable bonds is 6. The third kappa shape index (κ3) is 4.87. The van der Waals surface area contributed by atoms with E-state index < -0.39 is 6.10 Å². The lowest BCUT2D eigenvalue weighted by Gasteiger charge is -2.21. The van der Waals surface area contributed by atoms with Gasteiger partial charge in [-0.2, -0.15) is 0 Å². The summed E-state index contributed by atoms with van der Waals surface area (Å²) in [5.41, 5.74) is 1.78. The van der Waals surface area contributed by atoms with Crippen LogP contribution in [0.4, 0.5) is 0 Å². The van der Waals surface area contributed by atoms with E-state index in [1.54, 1.807) is 27.1 Å². The van der Waals surface area contributed by atoms with E-state index in [9.17, 15) is 9.59 Å². The van der Waals surface area contributed by atoms with E-state index in [2.05, 4.69) is 0 Å². The molecule has 0 saturated heterocycles. The molecule has 2 rings (SSSR count). The molecule has 1 aromatic rings. The Labute approximate surface area is 156 Å². The second-order valence-corrected chi connectivity index (χ2v) is 6.96. The van der Waals surface area contributed by atoms with Gasteiger partial charge in [0.25, 0.3) is 5.91 Å². The molecule has 1 aliphatic rings. The summed E-state index contributed by atoms with van der Waals surface area (Å²) in [4.78, 5) is 25.9. The fourth-order valence-electron chi connectivity index (χ4n) is 3.10. The molecule has 142 valence electrons. The Morgan fingerprint density at radius 2 is 2.08 bits per heavy atom. The smallest absolute Gasteiger partial charge is 0.262 e. The number of likely N-dealkylation sites (N-methyl/N-ethyl adjacent to an activating group) is 1. The van der Waals surface area contributed by atoms with Gasteiger partial charge in [0.1, 0.15) is 0 Å². The Kier molecular flexibility index (Phi) is 6.83. The predicted octanol–water partition coefficient (Wildman–Crippen LogP) is 3.71. The van der Waals surface area contributed by atoms with Crippen LogP contribution in [0.25, 0.3) is 6.08 Å². The van der Waals surface area contributed by atoms with Crippen molar-refractivity contribution in [3.05, 3.63) is 29.3 Å². The van der Waals surface area contributed by atoms with Crippen molar-refractivity contribution >= 4 is 17.8 Å². The molecule has 0 radical (unpaired) electrons. The second kappa shape index (κ2) is 8.88. The highest BCUT2D eigenvalue weighted by atomic mass is 16.5. The van der Waals surface area contributed by atoms with E-state index in [0.717, 1.165) is 30.4 Å². The number of carbonyl (C=O) groups excluding carboxylic acids is 2. The lowest BCUT2D eigenvalue weighted by molar-refractivity contribution is -0.135. The van der Waals surface area contributed by atoms with Gasteiger partial charge >= 0.3 is 0 Å². The number of hydrogen-bond donors (Lipinski definition) is 0. The SMILES string of the molecule is CCOc1cc(/C=C2\CCC[C@H](C)C2=O)ccc1O[C@H](C)C(=O)N(C)C. The molecular weight excluding hydrogens is 330 g/mol. The molecule has 0 spiro atoms. The first-order chi connectivity index (χ1) is 12.3. The first-order valence-electron chi connectivity index (χ1n) is 9.23. The minimum absolute atomic E-state index is 0.0989. The Balaban J connectivity index is 2.25. The van der Waals surface area contributed by atoms with E-state index in [1.807, 2.05) is 32.1 Å². The fraction of sp³-hybridized carbons (Fsp3) is 0.524. The van der Waals surface area contributed by atoms with Gasteiger partial charge in [0.2, 0.25) is 0 Å². The Morgan fingerprint density at radius 3 is 2.73 bits per heavy atom. The van der Waals surface area contributed by atoms with E-state index in [1.165, 1.54) is 4.90 Å². The number of allylic oxidation sites excluding steroid dienone is 1. The van der Waals surface area contributed by atoms with E-state index >= 15 is 0 Å². The van der Waals surface area contributed by atoms with Crippen LogP contribution >= 0.6 is 0 Å². The Hall–Kier alpha value is -2.30. The molecule has 1 amide bonds. The first kappa shape index (κ1) is 20.0. The molecule has 2 atom stereocenters. The van der Waals surface area contributed by atoms with Gasteiger partial charge in [0, 0.05) is 20.0 Å². The highest BCUT2D eigenvalue weighted by Gasteiger charge is 2.23. The van der Waals surface area contributed by atoms with Crippen molar-refractivity contribution in [2.75, 3.05) is 20.7 Å². The quantitative estimate of drug-likeness (QED) is 0.727. The first-order valence-corrected chi connectivity index (χ1v) is 9.23. The van der Waals surface area contributed by atoms with Crippen molar-refractivity contribution in [1.82, 2.24) is 4.90 Å². The standard InChI is InChI=1S/C21H29NO4/c1-6-25-19-13-16(12-17-9-7-8-14(2)20(17)23)10-11-18(19)26-15(3)21(24)22(4)5/h10-15H,6-9H2,1-5H3/b17-12+/t14-,15+/m0/s1. The van der Waals surface area contributed by atoms with E-state index in [0.29, 0.717) is 18.1 Å². The van der Waals surface area contributed by atoms with Crippen LogP contribution in [0, 0.1) is 5.92 Å². The number of hydrogen-bond acceptors (Lipinski definition) is 4. The van der Waals surface area contributed by atoms with Crippen molar-refractivity contribution in [2.24, 2.45) is 5.92 Å². The third-order valence-electron chi connectivity index (χ3n) is 4.55. The summed E-state index contributed by atoms with van der Waals surface area (Å²) in [6.07, 6.45) is 4.17. The van der Waals surface area contributed by atoms with Crippen molar-refractivity contribution < 1.29 is 19.1 Å². The van der Waals surface area contributed by atoms with Crippen molar-refractivity contribution in [2.45, 2.75) is 46.1 Å². The molecule has 5 nitrogen and oxygen atoms in total. The largest absolute Gasteiger partial charge is 0.490 e. The molecule has 26 heavy (non-hydrogen) atoms. The number of carbonyl (C=O) groups is 2. The number of Topliss-reactive ketones (excluding diaryl/α,β-unsaturated/α-hetero) is 1. The maximum absolute atomic E-state index is 12.3. The number of ether oxygens (including phenoxy) is 2. The molecule has 0 heterocycles. The lowest BCUT2D eigenvalue weighted by Crippen LogP contribution is -2.35. The third-order valence-corrected chi connectivity index (χ3v) is 4.55. The zero-order chi connectivity index (χ0) is 19.3. The Bertz CT molecular complexity index is 693. The van der Waals surface area contributed by atoms with Crippen molar-refractivity contribution in [3.63, 3.8) is 0 Å². The van der Waals surface area contributed by atoms with Crippen LogP contribution in [0.5, 0.6) is 11.5 Å². The van der Waals surface area contributed by atoms with Crippen LogP contribution in [0.15, 0.2) is 23.8 Å². The average molecular weight is 359 g/mol. The summed E-state index contributed by atoms with van der Waals surface area (Å²) in [7, 11) is 3.40. The Morgan fingerprint density at radius 1 is 1.35 bits per heavy atom. The molecule has 0 N–H and O–H groups in total. The maximum atomic E-state index is 12.3. The van der Waals surface area contributed by atoms with Gasteiger partial charge in [-0.1, -0.05) is 13.0 Å². The summed E-state index contributed by atoms with van der Waals surface area (Å²) >= 11 is 0. The zero-order valence-electron chi connectivity index (χ0n) is 16.4. The van der Waals surface area contributed by atoms with Crippen molar-refractivity contribution in [1.29, 1.82) is 0 Å². The van der Waals surface area contributed by atoms with Crippen LogP contribution in [-0.2, 0) is 9.59 Å². The van der Waals surface area contributed by atoms with Crippen molar-refractivity contribution in [3.8, 4) is 11.5 Å². The van der Waals surface area contributed by atoms with Gasteiger partial charge in [0.05, 0.1) is 6.61 Å². The fourth-order valence-corrected chi connectivity index (χ4v) is 3.10. The van der Waals surface area contributed by atoms with E-state index in [4.69, 9.17) is 9.47 Å². The van der Waals surface area contributed by atoms with Crippen LogP contribution in [0.3, 0.4) is 0 Å². The number of ketones is 1. The molecule has 0 bridgehead atoms. The highest BCUT2D eigenvalue weighted by Crippen LogP contribution is 2.32. The van der Waals surface area contributed by atoms with E-state index in [-0.39, 0.29) is 17.6 Å². The van der Waals surface area contributed by atoms with Crippen LogP contribution < -0.4 is 9.47 Å². The molecule has 1 aliphatic carbocycles. The normalized spacial score (nSPS) is 20.0. The van der Waals surface area contributed by atoms with Gasteiger partial charge < -0.3 is 14.4 Å². The number of amides is 1. The van der Waals surface area contributed by atoms with Gasteiger partial charge in [0.15, 0.2) is 23.4 Å². The molecule has 5 heteroatoms. The monoisotopic (exact) mass is 359 g/mol. The molecular formula is C21H29NO4. The van der Waals surface area contributed by atoms with Crippen LogP contribution in [0.1, 0.15) is 45.6 Å². The van der Waals surface area contributed by atoms with Crippen LogP contribution in [-0.4, -0.2) is 43.4 Å². The number of nitrogens with zero attached hydrogens (tertiary/aromatic N) is 1. The summed E-state index contributed by atoms with van der Waals surface area (Å²) < 4.78 is 11.5. The van der Waals surface area contributed by atoms with Gasteiger partial charge in [-0.3, -0.25) is 9.59 Å². The topological polar surface area (TPSA) is 55.8 Å². The molecule has 0 aliphatic heterocycles. The molecule has 0 unspecified atom stereocenters. The molecule has 1 fully saturated rings. The molecule has 0 aromatic heterocycles. The summed E-state index contributed by atoms with van der Waals surface area (Å²) in [5, 5.41) is 0. The maximum Gasteiger partial charge on any atom is 0.262 e.